The lowest BCUT2D eigenvalue weighted by Crippen LogP contribution is -2.41. The number of ether oxygens (including phenoxy) is 1. The number of hydrogen-bond donors (Lipinski definition) is 1. The molecule has 0 unspecified atom stereocenters. The Morgan fingerprint density at radius 2 is 1.83 bits per heavy atom. The second kappa shape index (κ2) is 6.28. The van der Waals surface area contributed by atoms with Gasteiger partial charge in [0.25, 0.3) is 0 Å². The predicted octanol–water partition coefficient (Wildman–Crippen LogP) is 3.36. The molecule has 0 saturated heterocycles. The Kier molecular flexibility index (Phi) is 3.67. The number of nitrogens with one attached hydrogen (secondary N) is 1. The first-order chi connectivity index (χ1) is 14.2. The average molecular weight is 408 g/mol. The molecule has 9 heteroatoms. The third-order valence-electron chi connectivity index (χ3n) is 5.84. The Labute approximate surface area is 170 Å². The van der Waals surface area contributed by atoms with Gasteiger partial charge >= 0.3 is 5.69 Å². The second-order valence-electron chi connectivity index (χ2n) is 7.78. The molecule has 1 aromatic carbocycles. The maximum Gasteiger partial charge on any atom is 0.332 e. The molecule has 3 heterocycles. The van der Waals surface area contributed by atoms with Crippen molar-refractivity contribution in [3.05, 3.63) is 41.1 Å². The topological polar surface area (TPSA) is 86.9 Å². The van der Waals surface area contributed by atoms with Gasteiger partial charge in [-0.25, -0.2) is 19.7 Å². The van der Waals surface area contributed by atoms with Crippen LogP contribution in [-0.4, -0.2) is 37.2 Å². The molecule has 2 aliphatic carbocycles. The minimum absolute atomic E-state index is 0.0317. The maximum absolute atomic E-state index is 13.1. The summed E-state index contributed by atoms with van der Waals surface area (Å²) in [5.74, 6) is 0.837. The Morgan fingerprint density at radius 1 is 1.10 bits per heavy atom. The molecule has 0 bridgehead atoms. The van der Waals surface area contributed by atoms with E-state index in [0.717, 1.165) is 52.4 Å². The van der Waals surface area contributed by atoms with Crippen molar-refractivity contribution in [3.8, 4) is 5.75 Å². The smallest absolute Gasteiger partial charge is 0.332 e. The van der Waals surface area contributed by atoms with Crippen LogP contribution in [0.25, 0.3) is 21.5 Å². The minimum atomic E-state index is 0.0317. The molecular weight excluding hydrogens is 388 g/mol. The van der Waals surface area contributed by atoms with Crippen molar-refractivity contribution in [3.63, 3.8) is 0 Å². The van der Waals surface area contributed by atoms with Crippen LogP contribution in [0, 0.1) is 0 Å². The lowest BCUT2D eigenvalue weighted by atomic mass is 9.86. The Bertz CT molecular complexity index is 1280. The summed E-state index contributed by atoms with van der Waals surface area (Å²) < 4.78 is 10.1. The highest BCUT2D eigenvalue weighted by molar-refractivity contribution is 7.22. The normalized spacial score (nSPS) is 21.4. The number of aromatic nitrogens is 5. The molecule has 3 aromatic heterocycles. The first-order valence-corrected chi connectivity index (χ1v) is 10.7. The van der Waals surface area contributed by atoms with E-state index in [4.69, 9.17) is 4.74 Å². The van der Waals surface area contributed by atoms with E-state index in [2.05, 4.69) is 20.3 Å². The summed E-state index contributed by atoms with van der Waals surface area (Å²) in [5, 5.41) is 4.43. The van der Waals surface area contributed by atoms with Crippen molar-refractivity contribution in [2.24, 2.45) is 0 Å². The molecule has 2 fully saturated rings. The molecule has 1 N–H and O–H groups in total. The SMILES string of the molecule is COc1ccc2nc(N[C@H]3C[C@H](n4c(=O)n(C5CC5)c5nccnc54)C3)sc2c1. The summed E-state index contributed by atoms with van der Waals surface area (Å²) in [5.41, 5.74) is 2.42. The molecule has 0 spiro atoms. The van der Waals surface area contributed by atoms with E-state index in [-0.39, 0.29) is 17.8 Å². The second-order valence-corrected chi connectivity index (χ2v) is 8.81. The van der Waals surface area contributed by atoms with E-state index in [0.29, 0.717) is 11.7 Å². The number of anilines is 1. The van der Waals surface area contributed by atoms with E-state index >= 15 is 0 Å². The van der Waals surface area contributed by atoms with Crippen molar-refractivity contribution in [1.82, 2.24) is 24.1 Å². The van der Waals surface area contributed by atoms with Crippen LogP contribution in [0.15, 0.2) is 35.4 Å². The van der Waals surface area contributed by atoms with Crippen molar-refractivity contribution in [2.75, 3.05) is 12.4 Å². The van der Waals surface area contributed by atoms with E-state index in [1.54, 1.807) is 30.8 Å². The minimum Gasteiger partial charge on any atom is -0.497 e. The lowest BCUT2D eigenvalue weighted by molar-refractivity contribution is 0.280. The molecule has 4 aromatic rings. The zero-order valence-electron chi connectivity index (χ0n) is 15.9. The van der Waals surface area contributed by atoms with Gasteiger partial charge in [0.1, 0.15) is 5.75 Å². The van der Waals surface area contributed by atoms with Crippen molar-refractivity contribution in [2.45, 2.75) is 43.8 Å². The first-order valence-electron chi connectivity index (χ1n) is 9.86. The summed E-state index contributed by atoms with van der Waals surface area (Å²) in [6, 6.07) is 6.64. The maximum atomic E-state index is 13.1. The summed E-state index contributed by atoms with van der Waals surface area (Å²) in [6.45, 7) is 0. The van der Waals surface area contributed by atoms with E-state index in [1.807, 2.05) is 27.3 Å². The van der Waals surface area contributed by atoms with Gasteiger partial charge in [-0.2, -0.15) is 0 Å². The molecule has 6 rings (SSSR count). The summed E-state index contributed by atoms with van der Waals surface area (Å²) >= 11 is 1.63. The Morgan fingerprint density at radius 3 is 2.52 bits per heavy atom. The van der Waals surface area contributed by atoms with Crippen molar-refractivity contribution in [1.29, 1.82) is 0 Å². The first kappa shape index (κ1) is 17.0. The largest absolute Gasteiger partial charge is 0.497 e. The fourth-order valence-corrected chi connectivity index (χ4v) is 5.11. The third kappa shape index (κ3) is 2.71. The molecule has 8 nitrogen and oxygen atoms in total. The van der Waals surface area contributed by atoms with Gasteiger partial charge in [-0.15, -0.1) is 0 Å². The van der Waals surface area contributed by atoms with Crippen LogP contribution in [0.2, 0.25) is 0 Å². The van der Waals surface area contributed by atoms with Gasteiger partial charge in [-0.05, 0) is 43.9 Å². The highest BCUT2D eigenvalue weighted by Crippen LogP contribution is 2.39. The van der Waals surface area contributed by atoms with Gasteiger partial charge in [0.2, 0.25) is 0 Å². The molecule has 0 radical (unpaired) electrons. The van der Waals surface area contributed by atoms with Crippen LogP contribution in [-0.2, 0) is 0 Å². The van der Waals surface area contributed by atoms with Crippen LogP contribution < -0.4 is 15.7 Å². The van der Waals surface area contributed by atoms with Crippen LogP contribution in [0.5, 0.6) is 5.75 Å². The number of imidazole rings is 1. The fraction of sp³-hybridized carbons (Fsp3) is 0.400. The number of benzene rings is 1. The molecule has 2 saturated carbocycles. The van der Waals surface area contributed by atoms with Gasteiger partial charge in [0, 0.05) is 30.5 Å². The average Bonchev–Trinajstić information content (AvgIpc) is 3.38. The monoisotopic (exact) mass is 408 g/mol. The van der Waals surface area contributed by atoms with Crippen molar-refractivity contribution < 1.29 is 4.74 Å². The van der Waals surface area contributed by atoms with Crippen LogP contribution in [0.1, 0.15) is 37.8 Å². The number of nitrogens with zero attached hydrogens (tertiary/aromatic N) is 5. The zero-order chi connectivity index (χ0) is 19.5. The standard InChI is InChI=1S/C20H20N6O2S/c1-28-14-4-5-15-16(10-14)29-19(24-15)23-11-8-13(9-11)26-18-17(21-6-7-22-18)25(20(26)27)12-2-3-12/h4-7,10-13H,2-3,8-9H2,1H3,(H,23,24)/t11-,13-. The summed E-state index contributed by atoms with van der Waals surface area (Å²) in [7, 11) is 1.67. The summed E-state index contributed by atoms with van der Waals surface area (Å²) in [4.78, 5) is 26.6. The number of hydrogen-bond acceptors (Lipinski definition) is 7. The highest BCUT2D eigenvalue weighted by atomic mass is 32.1. The van der Waals surface area contributed by atoms with Gasteiger partial charge in [-0.3, -0.25) is 9.13 Å². The number of thiazole rings is 1. The number of methoxy groups -OCH3 is 1. The van der Waals surface area contributed by atoms with Gasteiger partial charge in [0.15, 0.2) is 16.4 Å². The van der Waals surface area contributed by atoms with Gasteiger partial charge in [-0.1, -0.05) is 11.3 Å². The van der Waals surface area contributed by atoms with E-state index < -0.39 is 0 Å². The fourth-order valence-electron chi connectivity index (χ4n) is 4.14. The van der Waals surface area contributed by atoms with Crippen molar-refractivity contribution >= 4 is 38.0 Å². The van der Waals surface area contributed by atoms with Gasteiger partial charge in [0.05, 0.1) is 17.3 Å². The summed E-state index contributed by atoms with van der Waals surface area (Å²) in [6.07, 6.45) is 7.18. The predicted molar refractivity (Wildman–Crippen MR) is 112 cm³/mol. The zero-order valence-corrected chi connectivity index (χ0v) is 16.7. The van der Waals surface area contributed by atoms with Gasteiger partial charge < -0.3 is 10.1 Å². The lowest BCUT2D eigenvalue weighted by Gasteiger charge is -2.36. The van der Waals surface area contributed by atoms with Crippen LogP contribution in [0.4, 0.5) is 5.13 Å². The van der Waals surface area contributed by atoms with Crippen LogP contribution in [0.3, 0.4) is 0 Å². The number of rotatable bonds is 5. The highest BCUT2D eigenvalue weighted by Gasteiger charge is 2.37. The van der Waals surface area contributed by atoms with E-state index in [1.165, 1.54) is 0 Å². The molecule has 0 aliphatic heterocycles. The molecule has 0 atom stereocenters. The molecular formula is C20H20N6O2S. The molecule has 0 amide bonds. The molecule has 29 heavy (non-hydrogen) atoms. The molecule has 148 valence electrons. The molecule has 2 aliphatic rings. The van der Waals surface area contributed by atoms with Crippen LogP contribution >= 0.6 is 11.3 Å². The number of fused-ring (bicyclic) bond motifs is 2. The quantitative estimate of drug-likeness (QED) is 0.545. The Hall–Kier alpha value is -2.94. The third-order valence-corrected chi connectivity index (χ3v) is 6.79. The Balaban J connectivity index is 1.23. The van der Waals surface area contributed by atoms with E-state index in [9.17, 15) is 4.79 Å².